The Morgan fingerprint density at radius 3 is 1.88 bits per heavy atom. The monoisotopic (exact) mass is 362 g/mol. The summed E-state index contributed by atoms with van der Waals surface area (Å²) in [6.45, 7) is 0. The topological polar surface area (TPSA) is 37.3 Å². The van der Waals surface area contributed by atoms with Gasteiger partial charge in [-0.2, -0.15) is 0 Å². The maximum atomic E-state index is 10.7. The molecule has 0 spiro atoms. The number of aryl methyl sites for hydroxylation is 1. The number of aliphatic carboxylic acids is 1. The van der Waals surface area contributed by atoms with Gasteiger partial charge in [0.1, 0.15) is 0 Å². The molecule has 1 N–H and O–H groups in total. The van der Waals surface area contributed by atoms with Crippen LogP contribution in [0.25, 0.3) is 0 Å². The van der Waals surface area contributed by atoms with E-state index in [0.29, 0.717) is 0 Å². The van der Waals surface area contributed by atoms with Crippen molar-refractivity contribution in [1.29, 1.82) is 0 Å². The molecular formula is C23H23O2P. The second-order valence-electron chi connectivity index (χ2n) is 6.28. The molecule has 0 aromatic heterocycles. The van der Waals surface area contributed by atoms with Crippen LogP contribution >= 0.6 is 7.92 Å². The van der Waals surface area contributed by atoms with Crippen LogP contribution in [0.1, 0.15) is 24.8 Å². The smallest absolute Gasteiger partial charge is 0.303 e. The molecule has 0 fully saturated rings. The van der Waals surface area contributed by atoms with Crippen LogP contribution in [0.3, 0.4) is 0 Å². The summed E-state index contributed by atoms with van der Waals surface area (Å²) in [6.07, 6.45) is 2.81. The van der Waals surface area contributed by atoms with Gasteiger partial charge in [0.15, 0.2) is 0 Å². The van der Waals surface area contributed by atoms with Crippen LogP contribution in [-0.2, 0) is 11.2 Å². The second-order valence-corrected chi connectivity index (χ2v) is 8.50. The SMILES string of the molecule is O=C(O)CCCCc1cccc(P(c2ccccc2)c2ccccc2)c1. The van der Waals surface area contributed by atoms with Crippen molar-refractivity contribution in [1.82, 2.24) is 0 Å². The minimum atomic E-state index is -0.713. The fraction of sp³-hybridized carbons (Fsp3) is 0.174. The van der Waals surface area contributed by atoms with Gasteiger partial charge in [0.2, 0.25) is 0 Å². The van der Waals surface area contributed by atoms with Crippen LogP contribution in [0.4, 0.5) is 0 Å². The number of carboxylic acids is 1. The van der Waals surface area contributed by atoms with Gasteiger partial charge >= 0.3 is 5.97 Å². The molecule has 0 bridgehead atoms. The van der Waals surface area contributed by atoms with Crippen molar-refractivity contribution in [3.8, 4) is 0 Å². The van der Waals surface area contributed by atoms with E-state index in [1.54, 1.807) is 0 Å². The fourth-order valence-corrected chi connectivity index (χ4v) is 5.42. The number of carboxylic acid groups (broad SMARTS) is 1. The van der Waals surface area contributed by atoms with Gasteiger partial charge in [-0.3, -0.25) is 4.79 Å². The summed E-state index contributed by atoms with van der Waals surface area (Å²) in [7, 11) is -0.585. The van der Waals surface area contributed by atoms with Gasteiger partial charge in [-0.25, -0.2) is 0 Å². The Balaban J connectivity index is 1.85. The fourth-order valence-electron chi connectivity index (χ4n) is 3.06. The zero-order valence-electron chi connectivity index (χ0n) is 14.7. The number of carbonyl (C=O) groups is 1. The number of hydrogen-bond acceptors (Lipinski definition) is 1. The van der Waals surface area contributed by atoms with E-state index in [4.69, 9.17) is 5.11 Å². The Labute approximate surface area is 156 Å². The lowest BCUT2D eigenvalue weighted by atomic mass is 10.1. The summed E-state index contributed by atoms with van der Waals surface area (Å²) in [4.78, 5) is 10.7. The molecule has 2 nitrogen and oxygen atoms in total. The van der Waals surface area contributed by atoms with Crippen LogP contribution in [0, 0.1) is 0 Å². The average molecular weight is 362 g/mol. The van der Waals surface area contributed by atoms with Gasteiger partial charge in [-0.15, -0.1) is 0 Å². The number of rotatable bonds is 8. The lowest BCUT2D eigenvalue weighted by Crippen LogP contribution is -2.20. The Morgan fingerprint density at radius 2 is 1.31 bits per heavy atom. The van der Waals surface area contributed by atoms with Crippen molar-refractivity contribution in [2.24, 2.45) is 0 Å². The molecule has 132 valence electrons. The van der Waals surface area contributed by atoms with E-state index in [2.05, 4.69) is 84.9 Å². The maximum absolute atomic E-state index is 10.7. The third-order valence-corrected chi connectivity index (χ3v) is 6.73. The van der Waals surface area contributed by atoms with Crippen LogP contribution in [0.2, 0.25) is 0 Å². The lowest BCUT2D eigenvalue weighted by molar-refractivity contribution is -0.137. The van der Waals surface area contributed by atoms with Gasteiger partial charge in [-0.05, 0) is 48.7 Å². The van der Waals surface area contributed by atoms with Gasteiger partial charge in [-0.1, -0.05) is 84.9 Å². The molecule has 3 rings (SSSR count). The molecule has 0 heterocycles. The Kier molecular flexibility index (Phi) is 6.57. The highest BCUT2D eigenvalue weighted by Gasteiger charge is 2.16. The van der Waals surface area contributed by atoms with Crippen molar-refractivity contribution >= 4 is 29.8 Å². The first kappa shape index (κ1) is 18.4. The molecule has 0 radical (unpaired) electrons. The van der Waals surface area contributed by atoms with Crippen molar-refractivity contribution in [3.05, 3.63) is 90.5 Å². The minimum absolute atomic E-state index is 0.250. The zero-order valence-corrected chi connectivity index (χ0v) is 15.6. The summed E-state index contributed by atoms with van der Waals surface area (Å²) in [5, 5.41) is 12.8. The molecule has 0 atom stereocenters. The average Bonchev–Trinajstić information content (AvgIpc) is 2.67. The second kappa shape index (κ2) is 9.31. The van der Waals surface area contributed by atoms with E-state index in [-0.39, 0.29) is 6.42 Å². The summed E-state index contributed by atoms with van der Waals surface area (Å²) >= 11 is 0. The first-order chi connectivity index (χ1) is 12.7. The highest BCUT2D eigenvalue weighted by Crippen LogP contribution is 2.32. The van der Waals surface area contributed by atoms with E-state index in [9.17, 15) is 4.79 Å². The maximum Gasteiger partial charge on any atom is 0.303 e. The molecule has 0 aliphatic carbocycles. The molecule has 3 heteroatoms. The van der Waals surface area contributed by atoms with Crippen molar-refractivity contribution in [2.75, 3.05) is 0 Å². The minimum Gasteiger partial charge on any atom is -0.481 e. The predicted octanol–water partition coefficient (Wildman–Crippen LogP) is 4.24. The summed E-state index contributed by atoms with van der Waals surface area (Å²) < 4.78 is 0. The summed E-state index contributed by atoms with van der Waals surface area (Å²) in [6, 6.07) is 30.1. The van der Waals surface area contributed by atoms with Crippen LogP contribution < -0.4 is 15.9 Å². The Hall–Kier alpha value is -2.44. The molecular weight excluding hydrogens is 339 g/mol. The molecule has 0 unspecified atom stereocenters. The van der Waals surface area contributed by atoms with Crippen LogP contribution in [-0.4, -0.2) is 11.1 Å². The van der Waals surface area contributed by atoms with Crippen LogP contribution in [0.5, 0.6) is 0 Å². The molecule has 3 aromatic rings. The van der Waals surface area contributed by atoms with Gasteiger partial charge < -0.3 is 5.11 Å². The van der Waals surface area contributed by atoms with E-state index in [1.807, 2.05) is 0 Å². The van der Waals surface area contributed by atoms with E-state index in [0.717, 1.165) is 19.3 Å². The van der Waals surface area contributed by atoms with Crippen molar-refractivity contribution < 1.29 is 9.90 Å². The first-order valence-corrected chi connectivity index (χ1v) is 10.3. The highest BCUT2D eigenvalue weighted by atomic mass is 31.1. The molecule has 26 heavy (non-hydrogen) atoms. The first-order valence-electron chi connectivity index (χ1n) is 8.95. The van der Waals surface area contributed by atoms with Crippen LogP contribution in [0.15, 0.2) is 84.9 Å². The third kappa shape index (κ3) is 5.03. The molecule has 0 saturated heterocycles. The number of hydrogen-bond donors (Lipinski definition) is 1. The van der Waals surface area contributed by atoms with Gasteiger partial charge in [0.25, 0.3) is 0 Å². The number of benzene rings is 3. The summed E-state index contributed by atoms with van der Waals surface area (Å²) in [5.41, 5.74) is 1.28. The molecule has 0 saturated carbocycles. The highest BCUT2D eigenvalue weighted by molar-refractivity contribution is 7.79. The van der Waals surface area contributed by atoms with E-state index in [1.165, 1.54) is 21.5 Å². The Bertz CT molecular complexity index is 792. The molecule has 3 aromatic carbocycles. The molecule has 0 amide bonds. The standard InChI is InChI=1S/C23H23O2P/c24-23(25)17-8-7-10-19-11-9-16-22(18-19)26(20-12-3-1-4-13-20)21-14-5-2-6-15-21/h1-6,9,11-16,18H,7-8,10,17H2,(H,24,25). The summed E-state index contributed by atoms with van der Waals surface area (Å²) in [5.74, 6) is -0.713. The van der Waals surface area contributed by atoms with Crippen molar-refractivity contribution in [3.63, 3.8) is 0 Å². The molecule has 0 aliphatic rings. The van der Waals surface area contributed by atoms with Gasteiger partial charge in [0.05, 0.1) is 0 Å². The zero-order chi connectivity index (χ0) is 18.2. The van der Waals surface area contributed by atoms with E-state index >= 15 is 0 Å². The predicted molar refractivity (Wildman–Crippen MR) is 110 cm³/mol. The largest absolute Gasteiger partial charge is 0.481 e. The Morgan fingerprint density at radius 1 is 0.731 bits per heavy atom. The number of unbranched alkanes of at least 4 members (excludes halogenated alkanes) is 1. The molecule has 0 aliphatic heterocycles. The van der Waals surface area contributed by atoms with E-state index < -0.39 is 13.9 Å². The van der Waals surface area contributed by atoms with Crippen molar-refractivity contribution in [2.45, 2.75) is 25.7 Å². The quantitative estimate of drug-likeness (QED) is 0.481. The lowest BCUT2D eigenvalue weighted by Gasteiger charge is -2.20. The van der Waals surface area contributed by atoms with Gasteiger partial charge in [0, 0.05) is 6.42 Å². The third-order valence-electron chi connectivity index (χ3n) is 4.30. The normalized spacial score (nSPS) is 10.8.